The number of hydrogen-bond acceptors (Lipinski definition) is 4. The van der Waals surface area contributed by atoms with E-state index in [4.69, 9.17) is 4.52 Å². The van der Waals surface area contributed by atoms with Crippen LogP contribution in [-0.2, 0) is 13.1 Å². The summed E-state index contributed by atoms with van der Waals surface area (Å²) in [5.74, 6) is 0.712. The quantitative estimate of drug-likeness (QED) is 0.853. The predicted molar refractivity (Wildman–Crippen MR) is 65.4 cm³/mol. The Morgan fingerprint density at radius 3 is 2.42 bits per heavy atom. The maximum absolute atomic E-state index is 12.1. The van der Waals surface area contributed by atoms with Crippen molar-refractivity contribution in [3.05, 3.63) is 47.9 Å². The van der Waals surface area contributed by atoms with Gasteiger partial charge in [-0.1, -0.05) is 17.3 Å². The summed E-state index contributed by atoms with van der Waals surface area (Å²) >= 11 is -0.112. The average Bonchev–Trinajstić information content (AvgIpc) is 2.82. The fourth-order valence-electron chi connectivity index (χ4n) is 1.47. The van der Waals surface area contributed by atoms with Crippen LogP contribution in [0.15, 0.2) is 45.9 Å². The molecule has 19 heavy (non-hydrogen) atoms. The Hall–Kier alpha value is -1.47. The number of nitrogens with one attached hydrogen (secondary N) is 1. The van der Waals surface area contributed by atoms with Crippen molar-refractivity contribution in [3.63, 3.8) is 0 Å². The summed E-state index contributed by atoms with van der Waals surface area (Å²) in [5.41, 5.74) is -3.34. The Kier molecular flexibility index (Phi) is 4.49. The molecule has 0 aliphatic carbocycles. The van der Waals surface area contributed by atoms with E-state index in [9.17, 15) is 13.2 Å². The van der Waals surface area contributed by atoms with Gasteiger partial charge in [-0.2, -0.15) is 13.2 Å². The third-order valence-electron chi connectivity index (χ3n) is 2.28. The van der Waals surface area contributed by atoms with Crippen LogP contribution in [0.3, 0.4) is 0 Å². The second kappa shape index (κ2) is 6.12. The highest BCUT2D eigenvalue weighted by molar-refractivity contribution is 8.00. The van der Waals surface area contributed by atoms with E-state index in [1.54, 1.807) is 24.4 Å². The zero-order valence-electron chi connectivity index (χ0n) is 9.78. The number of thioether (sulfide) groups is 1. The first kappa shape index (κ1) is 14.0. The highest BCUT2D eigenvalue weighted by Gasteiger charge is 2.28. The van der Waals surface area contributed by atoms with Gasteiger partial charge in [-0.15, -0.1) is 0 Å². The van der Waals surface area contributed by atoms with Crippen molar-refractivity contribution in [2.45, 2.75) is 23.5 Å². The topological polar surface area (TPSA) is 38.1 Å². The molecule has 2 rings (SSSR count). The summed E-state index contributed by atoms with van der Waals surface area (Å²) in [6.45, 7) is 1.08. The van der Waals surface area contributed by atoms with E-state index in [1.165, 1.54) is 12.1 Å². The molecule has 0 bridgehead atoms. The van der Waals surface area contributed by atoms with E-state index in [0.717, 1.165) is 5.56 Å². The first-order valence-corrected chi connectivity index (χ1v) is 6.29. The van der Waals surface area contributed by atoms with Gasteiger partial charge < -0.3 is 9.84 Å². The highest BCUT2D eigenvalue weighted by atomic mass is 32.2. The molecule has 1 aromatic heterocycles. The van der Waals surface area contributed by atoms with Crippen LogP contribution >= 0.6 is 11.8 Å². The molecule has 1 N–H and O–H groups in total. The van der Waals surface area contributed by atoms with Crippen LogP contribution in [0.5, 0.6) is 0 Å². The van der Waals surface area contributed by atoms with Gasteiger partial charge in [-0.25, -0.2) is 0 Å². The van der Waals surface area contributed by atoms with Crippen molar-refractivity contribution in [2.75, 3.05) is 0 Å². The lowest BCUT2D eigenvalue weighted by Crippen LogP contribution is -2.12. The van der Waals surface area contributed by atoms with Crippen LogP contribution in [0.4, 0.5) is 13.2 Å². The second-order valence-corrected chi connectivity index (χ2v) is 4.91. The average molecular weight is 288 g/mol. The van der Waals surface area contributed by atoms with Crippen molar-refractivity contribution in [1.82, 2.24) is 10.5 Å². The Labute approximate surface area is 112 Å². The summed E-state index contributed by atoms with van der Waals surface area (Å²) in [5, 5.41) is 6.68. The standard InChI is InChI=1S/C12H11F3N2OS/c13-12(14,15)19-11-3-1-9(2-4-11)7-16-8-10-5-6-17-18-10/h1-6,16H,7-8H2. The number of hydrogen-bond donors (Lipinski definition) is 1. The van der Waals surface area contributed by atoms with E-state index in [1.807, 2.05) is 0 Å². The summed E-state index contributed by atoms with van der Waals surface area (Å²) in [4.78, 5) is 0.187. The number of alkyl halides is 3. The van der Waals surface area contributed by atoms with Crippen LogP contribution < -0.4 is 5.32 Å². The van der Waals surface area contributed by atoms with E-state index in [-0.39, 0.29) is 16.7 Å². The van der Waals surface area contributed by atoms with Gasteiger partial charge in [0.1, 0.15) is 5.76 Å². The molecule has 1 heterocycles. The van der Waals surface area contributed by atoms with Gasteiger partial charge in [-0.3, -0.25) is 0 Å². The maximum atomic E-state index is 12.1. The summed E-state index contributed by atoms with van der Waals surface area (Å²) in [6.07, 6.45) is 1.56. The van der Waals surface area contributed by atoms with Crippen LogP contribution in [0, 0.1) is 0 Å². The molecule has 0 amide bonds. The lowest BCUT2D eigenvalue weighted by atomic mass is 10.2. The second-order valence-electron chi connectivity index (χ2n) is 3.77. The van der Waals surface area contributed by atoms with Crippen molar-refractivity contribution < 1.29 is 17.7 Å². The van der Waals surface area contributed by atoms with Crippen LogP contribution in [0.1, 0.15) is 11.3 Å². The van der Waals surface area contributed by atoms with E-state index in [2.05, 4.69) is 10.5 Å². The monoisotopic (exact) mass is 288 g/mol. The van der Waals surface area contributed by atoms with Crippen LogP contribution in [0.2, 0.25) is 0 Å². The molecule has 0 aliphatic rings. The molecule has 1 aromatic carbocycles. The normalized spacial score (nSPS) is 11.7. The first-order valence-electron chi connectivity index (χ1n) is 5.48. The lowest BCUT2D eigenvalue weighted by Gasteiger charge is -2.07. The third-order valence-corrected chi connectivity index (χ3v) is 3.02. The fourth-order valence-corrected chi connectivity index (χ4v) is 2.01. The maximum Gasteiger partial charge on any atom is 0.446 e. The van der Waals surface area contributed by atoms with E-state index in [0.29, 0.717) is 18.8 Å². The molecular formula is C12H11F3N2OS. The van der Waals surface area contributed by atoms with Gasteiger partial charge in [0.05, 0.1) is 12.7 Å². The Balaban J connectivity index is 1.81. The lowest BCUT2D eigenvalue weighted by molar-refractivity contribution is -0.0328. The van der Waals surface area contributed by atoms with Gasteiger partial charge in [0.25, 0.3) is 0 Å². The first-order chi connectivity index (χ1) is 9.03. The molecule has 0 saturated carbocycles. The molecule has 0 spiro atoms. The highest BCUT2D eigenvalue weighted by Crippen LogP contribution is 2.36. The Morgan fingerprint density at radius 1 is 1.11 bits per heavy atom. The fraction of sp³-hybridized carbons (Fsp3) is 0.250. The summed E-state index contributed by atoms with van der Waals surface area (Å²) in [6, 6.07) is 8.01. The molecule has 0 unspecified atom stereocenters. The Bertz CT molecular complexity index is 497. The van der Waals surface area contributed by atoms with Crippen LogP contribution in [-0.4, -0.2) is 10.7 Å². The van der Waals surface area contributed by atoms with E-state index >= 15 is 0 Å². The molecule has 2 aromatic rings. The summed E-state index contributed by atoms with van der Waals surface area (Å²) < 4.78 is 41.3. The van der Waals surface area contributed by atoms with Crippen molar-refractivity contribution in [1.29, 1.82) is 0 Å². The number of benzene rings is 1. The predicted octanol–water partition coefficient (Wildman–Crippen LogP) is 3.58. The third kappa shape index (κ3) is 4.96. The van der Waals surface area contributed by atoms with Crippen molar-refractivity contribution in [2.24, 2.45) is 0 Å². The molecule has 0 aliphatic heterocycles. The summed E-state index contributed by atoms with van der Waals surface area (Å²) in [7, 11) is 0. The molecule has 102 valence electrons. The van der Waals surface area contributed by atoms with Gasteiger partial charge in [0.15, 0.2) is 0 Å². The SMILES string of the molecule is FC(F)(F)Sc1ccc(CNCc2ccno2)cc1. The number of halogens is 3. The number of nitrogens with zero attached hydrogens (tertiary/aromatic N) is 1. The number of aromatic nitrogens is 1. The van der Waals surface area contributed by atoms with Crippen molar-refractivity contribution >= 4 is 11.8 Å². The van der Waals surface area contributed by atoms with Gasteiger partial charge in [0, 0.05) is 17.5 Å². The van der Waals surface area contributed by atoms with Gasteiger partial charge in [0.2, 0.25) is 0 Å². The largest absolute Gasteiger partial charge is 0.446 e. The minimum absolute atomic E-state index is 0.112. The van der Waals surface area contributed by atoms with Crippen molar-refractivity contribution in [3.8, 4) is 0 Å². The smallest absolute Gasteiger partial charge is 0.360 e. The molecule has 0 radical (unpaired) electrons. The Morgan fingerprint density at radius 2 is 1.84 bits per heavy atom. The molecule has 0 saturated heterocycles. The van der Waals surface area contributed by atoms with Crippen LogP contribution in [0.25, 0.3) is 0 Å². The molecule has 0 fully saturated rings. The molecule has 0 atom stereocenters. The zero-order valence-corrected chi connectivity index (χ0v) is 10.6. The molecule has 3 nitrogen and oxygen atoms in total. The van der Waals surface area contributed by atoms with E-state index < -0.39 is 5.51 Å². The minimum atomic E-state index is -4.24. The molecular weight excluding hydrogens is 277 g/mol. The molecule has 7 heteroatoms. The van der Waals surface area contributed by atoms with Gasteiger partial charge >= 0.3 is 5.51 Å². The van der Waals surface area contributed by atoms with Gasteiger partial charge in [-0.05, 0) is 29.5 Å². The zero-order chi connectivity index (χ0) is 13.7. The number of rotatable bonds is 5. The minimum Gasteiger partial charge on any atom is -0.360 e.